The van der Waals surface area contributed by atoms with E-state index in [0.717, 1.165) is 21.0 Å². The van der Waals surface area contributed by atoms with Gasteiger partial charge in [-0.05, 0) is 54.3 Å². The Morgan fingerprint density at radius 1 is 0.818 bits per heavy atom. The molecule has 4 aromatic carbocycles. The Morgan fingerprint density at radius 2 is 1.45 bits per heavy atom. The molecule has 0 unspecified atom stereocenters. The van der Waals surface area contributed by atoms with Crippen molar-refractivity contribution in [2.24, 2.45) is 5.92 Å². The number of benzene rings is 4. The fourth-order valence-electron chi connectivity index (χ4n) is 4.86. The SMILES string of the molecule is Cc1cccc(CN(C(=O)CN(c2cccc(Cl)c2)S(=O)(=O)c2ccccc2)[C@H](Cc2ccccc2)C(=O)NCC(C)C)c1. The lowest BCUT2D eigenvalue weighted by atomic mass is 10.0. The number of rotatable bonds is 13. The van der Waals surface area contributed by atoms with Crippen molar-refractivity contribution in [1.29, 1.82) is 0 Å². The van der Waals surface area contributed by atoms with Crippen LogP contribution in [0.4, 0.5) is 5.69 Å². The van der Waals surface area contributed by atoms with Crippen LogP contribution in [0.1, 0.15) is 30.5 Å². The molecule has 9 heteroatoms. The number of halogens is 1. The summed E-state index contributed by atoms with van der Waals surface area (Å²) in [6.07, 6.45) is 0.255. The van der Waals surface area contributed by atoms with Crippen molar-refractivity contribution < 1.29 is 18.0 Å². The molecule has 1 N–H and O–H groups in total. The van der Waals surface area contributed by atoms with Crippen LogP contribution in [0.5, 0.6) is 0 Å². The highest BCUT2D eigenvalue weighted by Gasteiger charge is 2.34. The Bertz CT molecular complexity index is 1660. The molecule has 4 aromatic rings. The number of sulfonamides is 1. The molecule has 0 fully saturated rings. The van der Waals surface area contributed by atoms with E-state index in [1.807, 2.05) is 75.4 Å². The maximum Gasteiger partial charge on any atom is 0.264 e. The van der Waals surface area contributed by atoms with Crippen LogP contribution in [0.25, 0.3) is 0 Å². The summed E-state index contributed by atoms with van der Waals surface area (Å²) in [6, 6.07) is 30.6. The summed E-state index contributed by atoms with van der Waals surface area (Å²) in [5.74, 6) is -0.623. The minimum Gasteiger partial charge on any atom is -0.354 e. The topological polar surface area (TPSA) is 86.8 Å². The number of carbonyl (C=O) groups is 2. The molecule has 0 aliphatic carbocycles. The normalized spacial score (nSPS) is 12.0. The number of hydrogen-bond donors (Lipinski definition) is 1. The third-order valence-corrected chi connectivity index (χ3v) is 9.12. The average Bonchev–Trinajstić information content (AvgIpc) is 3.01. The largest absolute Gasteiger partial charge is 0.354 e. The second-order valence-electron chi connectivity index (χ2n) is 11.2. The second-order valence-corrected chi connectivity index (χ2v) is 13.5. The van der Waals surface area contributed by atoms with Gasteiger partial charge in [0.15, 0.2) is 0 Å². The summed E-state index contributed by atoms with van der Waals surface area (Å²) in [5, 5.41) is 3.33. The summed E-state index contributed by atoms with van der Waals surface area (Å²) in [5.41, 5.74) is 2.95. The summed E-state index contributed by atoms with van der Waals surface area (Å²) in [7, 11) is -4.18. The second kappa shape index (κ2) is 15.0. The number of aryl methyl sites for hydroxylation is 1. The molecule has 0 saturated heterocycles. The van der Waals surface area contributed by atoms with Gasteiger partial charge in [-0.2, -0.15) is 0 Å². The molecule has 2 amide bonds. The van der Waals surface area contributed by atoms with E-state index in [0.29, 0.717) is 11.6 Å². The van der Waals surface area contributed by atoms with E-state index in [1.54, 1.807) is 36.4 Å². The smallest absolute Gasteiger partial charge is 0.264 e. The summed E-state index contributed by atoms with van der Waals surface area (Å²) < 4.78 is 29.1. The number of amides is 2. The van der Waals surface area contributed by atoms with E-state index in [4.69, 9.17) is 11.6 Å². The number of hydrogen-bond acceptors (Lipinski definition) is 4. The Labute approximate surface area is 265 Å². The van der Waals surface area contributed by atoms with Crippen LogP contribution >= 0.6 is 11.6 Å². The van der Waals surface area contributed by atoms with Gasteiger partial charge >= 0.3 is 0 Å². The van der Waals surface area contributed by atoms with Crippen LogP contribution in [0.15, 0.2) is 114 Å². The molecule has 0 bridgehead atoms. The number of nitrogens with one attached hydrogen (secondary N) is 1. The van der Waals surface area contributed by atoms with Crippen molar-refractivity contribution in [3.8, 4) is 0 Å². The summed E-state index contributed by atoms with van der Waals surface area (Å²) in [4.78, 5) is 29.8. The van der Waals surface area contributed by atoms with Crippen molar-refractivity contribution >= 4 is 39.1 Å². The highest BCUT2D eigenvalue weighted by Crippen LogP contribution is 2.27. The Kier molecular flexibility index (Phi) is 11.2. The minimum atomic E-state index is -4.18. The van der Waals surface area contributed by atoms with Gasteiger partial charge in [0.25, 0.3) is 10.0 Å². The lowest BCUT2D eigenvalue weighted by Gasteiger charge is -2.34. The van der Waals surface area contributed by atoms with E-state index in [1.165, 1.54) is 23.1 Å². The quantitative estimate of drug-likeness (QED) is 0.189. The molecule has 1 atom stereocenters. The first-order valence-electron chi connectivity index (χ1n) is 14.5. The zero-order valence-corrected chi connectivity index (χ0v) is 26.8. The minimum absolute atomic E-state index is 0.0357. The highest BCUT2D eigenvalue weighted by atomic mass is 35.5. The molecular weight excluding hydrogens is 594 g/mol. The molecule has 230 valence electrons. The Hall–Kier alpha value is -4.14. The Morgan fingerprint density at radius 3 is 2.09 bits per heavy atom. The molecule has 0 aromatic heterocycles. The zero-order valence-electron chi connectivity index (χ0n) is 25.2. The predicted molar refractivity (Wildman–Crippen MR) is 176 cm³/mol. The predicted octanol–water partition coefficient (Wildman–Crippen LogP) is 6.26. The van der Waals surface area contributed by atoms with Crippen molar-refractivity contribution in [3.05, 3.63) is 131 Å². The van der Waals surface area contributed by atoms with Gasteiger partial charge in [-0.15, -0.1) is 0 Å². The number of carbonyl (C=O) groups excluding carboxylic acids is 2. The first-order chi connectivity index (χ1) is 21.0. The van der Waals surface area contributed by atoms with Gasteiger partial charge in [0.2, 0.25) is 11.8 Å². The van der Waals surface area contributed by atoms with Gasteiger partial charge in [-0.1, -0.05) is 110 Å². The molecule has 0 spiro atoms. The number of nitrogens with zero attached hydrogens (tertiary/aromatic N) is 2. The van der Waals surface area contributed by atoms with Gasteiger partial charge in [-0.25, -0.2) is 8.42 Å². The Balaban J connectivity index is 1.79. The van der Waals surface area contributed by atoms with Gasteiger partial charge < -0.3 is 10.2 Å². The van der Waals surface area contributed by atoms with Crippen molar-refractivity contribution in [2.45, 2.75) is 44.7 Å². The van der Waals surface area contributed by atoms with E-state index in [2.05, 4.69) is 5.32 Å². The lowest BCUT2D eigenvalue weighted by molar-refractivity contribution is -0.140. The standard InChI is InChI=1S/C35H38ClN3O4S/c1-26(2)23-37-35(41)33(21-28-13-6-4-7-14-28)38(24-29-15-10-12-27(3)20-29)34(40)25-39(31-17-11-16-30(36)22-31)44(42,43)32-18-8-5-9-19-32/h4-20,22,26,33H,21,23-25H2,1-3H3,(H,37,41)/t33-/m1/s1. The van der Waals surface area contributed by atoms with E-state index in [-0.39, 0.29) is 35.4 Å². The molecule has 44 heavy (non-hydrogen) atoms. The van der Waals surface area contributed by atoms with Crippen LogP contribution in [0.2, 0.25) is 5.02 Å². The van der Waals surface area contributed by atoms with Gasteiger partial charge in [-0.3, -0.25) is 13.9 Å². The van der Waals surface area contributed by atoms with Crippen LogP contribution in [-0.4, -0.2) is 44.3 Å². The van der Waals surface area contributed by atoms with Crippen LogP contribution in [0.3, 0.4) is 0 Å². The third kappa shape index (κ3) is 8.71. The lowest BCUT2D eigenvalue weighted by Crippen LogP contribution is -2.53. The molecule has 4 rings (SSSR count). The zero-order chi connectivity index (χ0) is 31.7. The van der Waals surface area contributed by atoms with Crippen LogP contribution < -0.4 is 9.62 Å². The molecule has 7 nitrogen and oxygen atoms in total. The average molecular weight is 632 g/mol. The maximum absolute atomic E-state index is 14.5. The van der Waals surface area contributed by atoms with Crippen molar-refractivity contribution in [1.82, 2.24) is 10.2 Å². The van der Waals surface area contributed by atoms with E-state index >= 15 is 0 Å². The first-order valence-corrected chi connectivity index (χ1v) is 16.4. The van der Waals surface area contributed by atoms with Crippen LogP contribution in [0, 0.1) is 12.8 Å². The molecule has 0 radical (unpaired) electrons. The van der Waals surface area contributed by atoms with E-state index in [9.17, 15) is 18.0 Å². The summed E-state index contributed by atoms with van der Waals surface area (Å²) >= 11 is 6.28. The molecule has 0 aliphatic heterocycles. The monoisotopic (exact) mass is 631 g/mol. The summed E-state index contributed by atoms with van der Waals surface area (Å²) in [6.45, 7) is 5.97. The van der Waals surface area contributed by atoms with Gasteiger partial charge in [0.1, 0.15) is 12.6 Å². The molecule has 0 heterocycles. The maximum atomic E-state index is 14.5. The van der Waals surface area contributed by atoms with Crippen LogP contribution in [-0.2, 0) is 32.6 Å². The van der Waals surface area contributed by atoms with Crippen molar-refractivity contribution in [3.63, 3.8) is 0 Å². The highest BCUT2D eigenvalue weighted by molar-refractivity contribution is 7.92. The van der Waals surface area contributed by atoms with Crippen molar-refractivity contribution in [2.75, 3.05) is 17.4 Å². The van der Waals surface area contributed by atoms with Gasteiger partial charge in [0, 0.05) is 24.5 Å². The fourth-order valence-corrected chi connectivity index (χ4v) is 6.47. The molecular formula is C35H38ClN3O4S. The van der Waals surface area contributed by atoms with Gasteiger partial charge in [0.05, 0.1) is 10.6 Å². The number of anilines is 1. The van der Waals surface area contributed by atoms with E-state index < -0.39 is 28.5 Å². The fraction of sp³-hybridized carbons (Fsp3) is 0.257. The third-order valence-electron chi connectivity index (χ3n) is 7.10. The molecule has 0 saturated carbocycles. The first kappa shape index (κ1) is 32.8. The molecule has 0 aliphatic rings.